The average molecular weight is 738 g/mol. The molecule has 0 unspecified atom stereocenters. The first-order valence-electron chi connectivity index (χ1n) is 19.9. The van der Waals surface area contributed by atoms with Crippen molar-refractivity contribution >= 4 is 65.3 Å². The van der Waals surface area contributed by atoms with Gasteiger partial charge in [-0.05, 0) is 85.3 Å². The minimum absolute atomic E-state index is 0.911. The zero-order valence-electron chi connectivity index (χ0n) is 31.6. The summed E-state index contributed by atoms with van der Waals surface area (Å²) in [6, 6.07) is 76.8. The van der Waals surface area contributed by atoms with Crippen molar-refractivity contribution in [3.05, 3.63) is 212 Å². The van der Waals surface area contributed by atoms with E-state index in [-0.39, 0.29) is 0 Å². The third-order valence-electron chi connectivity index (χ3n) is 12.0. The first-order valence-corrected chi connectivity index (χ1v) is 19.9. The van der Waals surface area contributed by atoms with E-state index in [1.165, 1.54) is 60.1 Å². The fraction of sp³-hybridized carbons (Fsp3) is 0. The molecule has 2 heterocycles. The van der Waals surface area contributed by atoms with Gasteiger partial charge in [0.2, 0.25) is 0 Å². The Morgan fingerprint density at radius 1 is 0.276 bits per heavy atom. The maximum atomic E-state index is 6.85. The fourth-order valence-electron chi connectivity index (χ4n) is 9.45. The molecule has 12 rings (SSSR count). The number of hydrogen-bond donors (Lipinski definition) is 0. The molecule has 0 amide bonds. The van der Waals surface area contributed by atoms with Gasteiger partial charge in [-0.25, -0.2) is 0 Å². The molecule has 270 valence electrons. The third-order valence-corrected chi connectivity index (χ3v) is 12.0. The van der Waals surface area contributed by atoms with Crippen molar-refractivity contribution in [3.63, 3.8) is 0 Å². The van der Waals surface area contributed by atoms with Gasteiger partial charge in [0.05, 0.1) is 11.0 Å². The van der Waals surface area contributed by atoms with Crippen LogP contribution < -0.4 is 0 Å². The SMILES string of the molecule is c1ccc(-c2c3ccccc3c(-c3ccccc3)c3cc(-n4c5ccccc5c5cc(-c6cccc7c6oc6c(-c8ccccc8)cccc67)ccc54)ccc23)cc1. The number of furan rings is 1. The Balaban J connectivity index is 1.09. The normalized spacial score (nSPS) is 11.8. The zero-order chi connectivity index (χ0) is 38.2. The average Bonchev–Trinajstić information content (AvgIpc) is 3.85. The van der Waals surface area contributed by atoms with Gasteiger partial charge in [0.25, 0.3) is 0 Å². The van der Waals surface area contributed by atoms with Crippen LogP contribution in [0.4, 0.5) is 0 Å². The lowest BCUT2D eigenvalue weighted by atomic mass is 9.86. The standard InChI is InChI=1S/C56H35NO/c1-4-16-36(17-5-1)41-25-14-27-47-48-28-15-26-42(56(48)58-55(41)47)39-30-33-52-49(34-39)43-22-12-13-29-51(43)57(52)40-31-32-46-50(35-40)54(38-20-8-3-9-21-38)45-24-11-10-23-44(45)53(46)37-18-6-2-7-19-37/h1-35H. The summed E-state index contributed by atoms with van der Waals surface area (Å²) < 4.78 is 9.29. The van der Waals surface area contributed by atoms with Crippen molar-refractivity contribution in [2.45, 2.75) is 0 Å². The van der Waals surface area contributed by atoms with Crippen molar-refractivity contribution in [2.24, 2.45) is 0 Å². The summed E-state index contributed by atoms with van der Waals surface area (Å²) in [5, 5.41) is 9.66. The molecular weight excluding hydrogens is 703 g/mol. The Labute approximate surface area is 335 Å². The molecule has 58 heavy (non-hydrogen) atoms. The molecule has 0 bridgehead atoms. The summed E-state index contributed by atoms with van der Waals surface area (Å²) >= 11 is 0. The first-order chi connectivity index (χ1) is 28.8. The summed E-state index contributed by atoms with van der Waals surface area (Å²) in [5.74, 6) is 0. The predicted molar refractivity (Wildman–Crippen MR) is 245 cm³/mol. The van der Waals surface area contributed by atoms with E-state index in [0.29, 0.717) is 0 Å². The number of rotatable bonds is 5. The topological polar surface area (TPSA) is 18.1 Å². The Bertz CT molecular complexity index is 3540. The molecule has 0 saturated heterocycles. The van der Waals surface area contributed by atoms with Crippen LogP contribution in [0, 0.1) is 0 Å². The highest BCUT2D eigenvalue weighted by atomic mass is 16.3. The van der Waals surface area contributed by atoms with E-state index in [0.717, 1.165) is 55.4 Å². The summed E-state index contributed by atoms with van der Waals surface area (Å²) in [7, 11) is 0. The molecule has 0 aliphatic carbocycles. The van der Waals surface area contributed by atoms with Crippen LogP contribution in [0.2, 0.25) is 0 Å². The number of nitrogens with zero attached hydrogens (tertiary/aromatic N) is 1. The monoisotopic (exact) mass is 737 g/mol. The molecule has 0 aliphatic rings. The largest absolute Gasteiger partial charge is 0.455 e. The maximum Gasteiger partial charge on any atom is 0.143 e. The van der Waals surface area contributed by atoms with Crippen molar-refractivity contribution in [2.75, 3.05) is 0 Å². The molecule has 0 saturated carbocycles. The van der Waals surface area contributed by atoms with E-state index >= 15 is 0 Å². The second-order valence-electron chi connectivity index (χ2n) is 15.2. The highest BCUT2D eigenvalue weighted by Gasteiger charge is 2.21. The van der Waals surface area contributed by atoms with Crippen molar-refractivity contribution in [1.29, 1.82) is 0 Å². The maximum absolute atomic E-state index is 6.85. The van der Waals surface area contributed by atoms with E-state index in [1.807, 2.05) is 0 Å². The van der Waals surface area contributed by atoms with Crippen LogP contribution in [0.25, 0.3) is 115 Å². The quantitative estimate of drug-likeness (QED) is 0.161. The summed E-state index contributed by atoms with van der Waals surface area (Å²) in [5.41, 5.74) is 14.7. The van der Waals surface area contributed by atoms with Crippen molar-refractivity contribution < 1.29 is 4.42 Å². The second-order valence-corrected chi connectivity index (χ2v) is 15.2. The van der Waals surface area contributed by atoms with Crippen LogP contribution in [0.1, 0.15) is 0 Å². The van der Waals surface area contributed by atoms with Gasteiger partial charge in [0.15, 0.2) is 0 Å². The lowest BCUT2D eigenvalue weighted by molar-refractivity contribution is 0.671. The van der Waals surface area contributed by atoms with Crippen molar-refractivity contribution in [3.8, 4) is 50.2 Å². The van der Waals surface area contributed by atoms with Gasteiger partial charge in [-0.1, -0.05) is 182 Å². The van der Waals surface area contributed by atoms with Gasteiger partial charge < -0.3 is 8.98 Å². The van der Waals surface area contributed by atoms with Crippen LogP contribution in [0.3, 0.4) is 0 Å². The fourth-order valence-corrected chi connectivity index (χ4v) is 9.45. The van der Waals surface area contributed by atoms with E-state index in [1.54, 1.807) is 0 Å². The number of benzene rings is 10. The second kappa shape index (κ2) is 12.9. The lowest BCUT2D eigenvalue weighted by Gasteiger charge is -2.19. The number of hydrogen-bond acceptors (Lipinski definition) is 1. The van der Waals surface area contributed by atoms with Gasteiger partial charge in [0.1, 0.15) is 11.2 Å². The predicted octanol–water partition coefficient (Wildman–Crippen LogP) is 15.7. The Kier molecular flexibility index (Phi) is 7.26. The molecular formula is C56H35NO. The molecule has 0 spiro atoms. The summed E-state index contributed by atoms with van der Waals surface area (Å²) in [6.45, 7) is 0. The number of fused-ring (bicyclic) bond motifs is 8. The molecule has 0 N–H and O–H groups in total. The zero-order valence-corrected chi connectivity index (χ0v) is 31.6. The molecule has 12 aromatic rings. The molecule has 0 fully saturated rings. The van der Waals surface area contributed by atoms with E-state index in [2.05, 4.69) is 217 Å². The van der Waals surface area contributed by atoms with Crippen molar-refractivity contribution in [1.82, 2.24) is 4.57 Å². The smallest absolute Gasteiger partial charge is 0.143 e. The van der Waals surface area contributed by atoms with Crippen LogP contribution in [-0.2, 0) is 0 Å². The minimum Gasteiger partial charge on any atom is -0.455 e. The van der Waals surface area contributed by atoms with Crippen LogP contribution in [0.5, 0.6) is 0 Å². The molecule has 0 atom stereocenters. The van der Waals surface area contributed by atoms with Crippen LogP contribution in [-0.4, -0.2) is 4.57 Å². The molecule has 10 aromatic carbocycles. The van der Waals surface area contributed by atoms with E-state index in [9.17, 15) is 0 Å². The van der Waals surface area contributed by atoms with Gasteiger partial charge in [-0.2, -0.15) is 0 Å². The molecule has 2 heteroatoms. The van der Waals surface area contributed by atoms with Gasteiger partial charge in [-0.3, -0.25) is 0 Å². The Morgan fingerprint density at radius 2 is 0.759 bits per heavy atom. The number of aromatic nitrogens is 1. The Hall–Kier alpha value is -7.68. The van der Waals surface area contributed by atoms with Gasteiger partial charge in [0, 0.05) is 38.4 Å². The number of para-hydroxylation sites is 3. The molecule has 0 radical (unpaired) electrons. The van der Waals surface area contributed by atoms with Crippen LogP contribution >= 0.6 is 0 Å². The first kappa shape index (κ1) is 32.6. The highest BCUT2D eigenvalue weighted by Crippen LogP contribution is 2.46. The third kappa shape index (κ3) is 4.92. The Morgan fingerprint density at radius 3 is 1.40 bits per heavy atom. The van der Waals surface area contributed by atoms with Gasteiger partial charge in [-0.15, -0.1) is 0 Å². The summed E-state index contributed by atoms with van der Waals surface area (Å²) in [6.07, 6.45) is 0. The van der Waals surface area contributed by atoms with Gasteiger partial charge >= 0.3 is 0 Å². The van der Waals surface area contributed by atoms with E-state index < -0.39 is 0 Å². The highest BCUT2D eigenvalue weighted by molar-refractivity contribution is 6.22. The lowest BCUT2D eigenvalue weighted by Crippen LogP contribution is -1.96. The minimum atomic E-state index is 0.911. The molecule has 0 aliphatic heterocycles. The van der Waals surface area contributed by atoms with E-state index in [4.69, 9.17) is 4.42 Å². The molecule has 2 aromatic heterocycles. The van der Waals surface area contributed by atoms with Crippen LogP contribution in [0.15, 0.2) is 217 Å². The summed E-state index contributed by atoms with van der Waals surface area (Å²) in [4.78, 5) is 0. The molecule has 2 nitrogen and oxygen atoms in total.